The minimum absolute atomic E-state index is 0.0165. The van der Waals surface area contributed by atoms with Gasteiger partial charge in [0.2, 0.25) is 11.8 Å². The van der Waals surface area contributed by atoms with E-state index < -0.39 is 13.0 Å². The predicted molar refractivity (Wildman–Crippen MR) is 95.5 cm³/mol. The molecular formula is C16H19BrF2N2O2S. The smallest absolute Gasteiger partial charge is 0.255 e. The molecule has 0 radical (unpaired) electrons. The van der Waals surface area contributed by atoms with E-state index in [9.17, 15) is 18.4 Å². The van der Waals surface area contributed by atoms with Gasteiger partial charge in [0, 0.05) is 28.4 Å². The van der Waals surface area contributed by atoms with Gasteiger partial charge in [-0.1, -0.05) is 15.9 Å². The number of hydrogen-bond donors (Lipinski definition) is 1. The first-order chi connectivity index (χ1) is 11.5. The standard InChI is InChI=1S/C16H19BrF2N2O2S/c17-11-1-3-12(4-2-11)20-15(22)10-24-8-7-16(23)21(9-14(18)19)13-5-6-13/h1-4,13-14H,5-10H2,(H,20,22). The van der Waals surface area contributed by atoms with Crippen LogP contribution in [0.25, 0.3) is 0 Å². The summed E-state index contributed by atoms with van der Waals surface area (Å²) in [5.74, 6) is 0.265. The van der Waals surface area contributed by atoms with Crippen molar-refractivity contribution in [2.45, 2.75) is 31.7 Å². The van der Waals surface area contributed by atoms with Crippen molar-refractivity contribution in [1.29, 1.82) is 0 Å². The Morgan fingerprint density at radius 3 is 2.54 bits per heavy atom. The number of thioether (sulfide) groups is 1. The number of rotatable bonds is 9. The Labute approximate surface area is 152 Å². The second kappa shape index (κ2) is 9.36. The first-order valence-electron chi connectivity index (χ1n) is 7.66. The molecule has 0 saturated heterocycles. The highest BCUT2D eigenvalue weighted by atomic mass is 79.9. The summed E-state index contributed by atoms with van der Waals surface area (Å²) in [6, 6.07) is 7.22. The van der Waals surface area contributed by atoms with E-state index in [1.165, 1.54) is 16.7 Å². The molecule has 1 aliphatic rings. The molecule has 132 valence electrons. The molecule has 0 aromatic heterocycles. The molecular weight excluding hydrogens is 402 g/mol. The van der Waals surface area contributed by atoms with Crippen molar-refractivity contribution >= 4 is 45.2 Å². The molecule has 1 fully saturated rings. The Balaban J connectivity index is 1.65. The van der Waals surface area contributed by atoms with Crippen LogP contribution in [0, 0.1) is 0 Å². The van der Waals surface area contributed by atoms with Crippen molar-refractivity contribution in [3.8, 4) is 0 Å². The largest absolute Gasteiger partial charge is 0.334 e. The van der Waals surface area contributed by atoms with Gasteiger partial charge in [-0.2, -0.15) is 11.8 Å². The third-order valence-corrected chi connectivity index (χ3v) is 4.95. The summed E-state index contributed by atoms with van der Waals surface area (Å²) in [6.45, 7) is -0.488. The van der Waals surface area contributed by atoms with Crippen molar-refractivity contribution in [3.63, 3.8) is 0 Å². The maximum atomic E-state index is 12.5. The molecule has 1 aliphatic carbocycles. The average Bonchev–Trinajstić information content (AvgIpc) is 3.36. The fourth-order valence-electron chi connectivity index (χ4n) is 2.19. The fraction of sp³-hybridized carbons (Fsp3) is 0.500. The predicted octanol–water partition coefficient (Wildman–Crippen LogP) is 3.77. The van der Waals surface area contributed by atoms with Crippen LogP contribution in [0.4, 0.5) is 14.5 Å². The lowest BCUT2D eigenvalue weighted by molar-refractivity contribution is -0.133. The minimum atomic E-state index is -2.50. The van der Waals surface area contributed by atoms with Crippen LogP contribution in [-0.2, 0) is 9.59 Å². The van der Waals surface area contributed by atoms with E-state index >= 15 is 0 Å². The average molecular weight is 421 g/mol. The molecule has 0 unspecified atom stereocenters. The SMILES string of the molecule is O=C(CSCCC(=O)N(CC(F)F)C1CC1)Nc1ccc(Br)cc1. The number of alkyl halides is 2. The Morgan fingerprint density at radius 2 is 1.96 bits per heavy atom. The van der Waals surface area contributed by atoms with Gasteiger partial charge in [-0.15, -0.1) is 0 Å². The molecule has 0 heterocycles. The Bertz CT molecular complexity index is 568. The van der Waals surface area contributed by atoms with Crippen molar-refractivity contribution in [2.75, 3.05) is 23.4 Å². The van der Waals surface area contributed by atoms with Crippen LogP contribution < -0.4 is 5.32 Å². The molecule has 0 spiro atoms. The quantitative estimate of drug-likeness (QED) is 0.618. The molecule has 0 aliphatic heterocycles. The molecule has 8 heteroatoms. The molecule has 2 rings (SSSR count). The van der Waals surface area contributed by atoms with Gasteiger partial charge in [0.05, 0.1) is 12.3 Å². The minimum Gasteiger partial charge on any atom is -0.334 e. The number of nitrogens with zero attached hydrogens (tertiary/aromatic N) is 1. The second-order valence-electron chi connectivity index (χ2n) is 5.53. The van der Waals surface area contributed by atoms with Gasteiger partial charge in [-0.3, -0.25) is 9.59 Å². The van der Waals surface area contributed by atoms with Gasteiger partial charge in [0.1, 0.15) is 0 Å². The van der Waals surface area contributed by atoms with E-state index in [1.54, 1.807) is 12.1 Å². The number of nitrogens with one attached hydrogen (secondary N) is 1. The topological polar surface area (TPSA) is 49.4 Å². The molecule has 2 amide bonds. The van der Waals surface area contributed by atoms with Crippen molar-refractivity contribution in [3.05, 3.63) is 28.7 Å². The summed E-state index contributed by atoms with van der Waals surface area (Å²) >= 11 is 4.64. The lowest BCUT2D eigenvalue weighted by Gasteiger charge is -2.21. The highest BCUT2D eigenvalue weighted by molar-refractivity contribution is 9.10. The van der Waals surface area contributed by atoms with Crippen LogP contribution >= 0.6 is 27.7 Å². The number of amides is 2. The molecule has 1 aromatic rings. The van der Waals surface area contributed by atoms with Crippen LogP contribution in [0.3, 0.4) is 0 Å². The van der Waals surface area contributed by atoms with Gasteiger partial charge in [0.15, 0.2) is 0 Å². The van der Waals surface area contributed by atoms with E-state index in [0.29, 0.717) is 11.4 Å². The van der Waals surface area contributed by atoms with Crippen LogP contribution in [0.5, 0.6) is 0 Å². The normalized spacial score (nSPS) is 13.8. The number of hydrogen-bond acceptors (Lipinski definition) is 3. The third kappa shape index (κ3) is 6.76. The number of benzene rings is 1. The molecule has 0 bridgehead atoms. The summed E-state index contributed by atoms with van der Waals surface area (Å²) in [5, 5.41) is 2.76. The maximum Gasteiger partial charge on any atom is 0.255 e. The van der Waals surface area contributed by atoms with Crippen molar-refractivity contribution in [2.24, 2.45) is 0 Å². The van der Waals surface area contributed by atoms with Gasteiger partial charge >= 0.3 is 0 Å². The van der Waals surface area contributed by atoms with E-state index in [4.69, 9.17) is 0 Å². The summed E-state index contributed by atoms with van der Waals surface area (Å²) in [6.07, 6.45) is -0.708. The van der Waals surface area contributed by atoms with Crippen LogP contribution in [0.1, 0.15) is 19.3 Å². The lowest BCUT2D eigenvalue weighted by Crippen LogP contribution is -2.37. The zero-order chi connectivity index (χ0) is 17.5. The van der Waals surface area contributed by atoms with Crippen LogP contribution in [-0.4, -0.2) is 47.2 Å². The Morgan fingerprint density at radius 1 is 1.29 bits per heavy atom. The van der Waals surface area contributed by atoms with Gasteiger partial charge in [-0.25, -0.2) is 8.78 Å². The van der Waals surface area contributed by atoms with Crippen LogP contribution in [0.15, 0.2) is 28.7 Å². The van der Waals surface area contributed by atoms with Gasteiger partial charge in [-0.05, 0) is 37.1 Å². The summed E-state index contributed by atoms with van der Waals surface area (Å²) < 4.78 is 25.9. The van der Waals surface area contributed by atoms with E-state index in [1.807, 2.05) is 12.1 Å². The van der Waals surface area contributed by atoms with Gasteiger partial charge < -0.3 is 10.2 Å². The number of carbonyl (C=O) groups is 2. The van der Waals surface area contributed by atoms with E-state index in [0.717, 1.165) is 17.3 Å². The van der Waals surface area contributed by atoms with Crippen LogP contribution in [0.2, 0.25) is 0 Å². The fourth-order valence-corrected chi connectivity index (χ4v) is 3.17. The lowest BCUT2D eigenvalue weighted by atomic mass is 10.3. The maximum absolute atomic E-state index is 12.5. The molecule has 1 aromatic carbocycles. The highest BCUT2D eigenvalue weighted by Gasteiger charge is 2.33. The molecule has 0 atom stereocenters. The number of halogens is 3. The Kier molecular flexibility index (Phi) is 7.48. The summed E-state index contributed by atoms with van der Waals surface area (Å²) in [4.78, 5) is 25.1. The zero-order valence-corrected chi connectivity index (χ0v) is 15.4. The third-order valence-electron chi connectivity index (χ3n) is 3.46. The number of carbonyl (C=O) groups excluding carboxylic acids is 2. The summed E-state index contributed by atoms with van der Waals surface area (Å²) in [7, 11) is 0. The van der Waals surface area contributed by atoms with E-state index in [-0.39, 0.29) is 30.0 Å². The molecule has 24 heavy (non-hydrogen) atoms. The van der Waals surface area contributed by atoms with E-state index in [2.05, 4.69) is 21.2 Å². The molecule has 4 nitrogen and oxygen atoms in total. The van der Waals surface area contributed by atoms with Crippen molar-refractivity contribution < 1.29 is 18.4 Å². The van der Waals surface area contributed by atoms with Crippen molar-refractivity contribution in [1.82, 2.24) is 4.90 Å². The Hall–Kier alpha value is -1.15. The second-order valence-corrected chi connectivity index (χ2v) is 7.55. The highest BCUT2D eigenvalue weighted by Crippen LogP contribution is 2.28. The zero-order valence-electron chi connectivity index (χ0n) is 13.0. The monoisotopic (exact) mass is 420 g/mol. The summed E-state index contributed by atoms with van der Waals surface area (Å²) in [5.41, 5.74) is 0.705. The number of anilines is 1. The first kappa shape index (κ1) is 19.2. The molecule has 1 N–H and O–H groups in total. The van der Waals surface area contributed by atoms with Gasteiger partial charge in [0.25, 0.3) is 6.43 Å². The molecule has 1 saturated carbocycles. The first-order valence-corrected chi connectivity index (χ1v) is 9.61.